The smallest absolute Gasteiger partial charge is 0.338 e. The average Bonchev–Trinajstić information content (AvgIpc) is 2.71. The lowest BCUT2D eigenvalue weighted by molar-refractivity contribution is -0.139. The van der Waals surface area contributed by atoms with Crippen molar-refractivity contribution >= 4 is 12.0 Å². The molecule has 0 bridgehead atoms. The zero-order valence-corrected chi connectivity index (χ0v) is 18.1. The molecular weight excluding hydrogens is 380 g/mol. The van der Waals surface area contributed by atoms with Crippen molar-refractivity contribution < 1.29 is 19.1 Å². The number of benzene rings is 2. The van der Waals surface area contributed by atoms with E-state index in [4.69, 9.17) is 9.47 Å². The van der Waals surface area contributed by atoms with Crippen molar-refractivity contribution in [3.05, 3.63) is 76.0 Å². The van der Waals surface area contributed by atoms with Crippen LogP contribution in [-0.2, 0) is 9.53 Å². The first-order chi connectivity index (χ1) is 14.3. The number of rotatable bonds is 6. The zero-order chi connectivity index (χ0) is 21.8. The highest BCUT2D eigenvalue weighted by atomic mass is 16.5. The summed E-state index contributed by atoms with van der Waals surface area (Å²) in [5.74, 6) is 0.257. The van der Waals surface area contributed by atoms with Crippen molar-refractivity contribution in [2.45, 2.75) is 33.7 Å². The number of carbonyl (C=O) groups excluding carboxylic acids is 2. The average molecular weight is 408 g/mol. The third kappa shape index (κ3) is 4.32. The van der Waals surface area contributed by atoms with Crippen LogP contribution in [0.15, 0.2) is 53.7 Å². The molecule has 2 amide bonds. The molecule has 1 heterocycles. The number of likely N-dealkylation sites (N-methyl/N-ethyl adjacent to an activating group) is 1. The molecule has 1 atom stereocenters. The van der Waals surface area contributed by atoms with E-state index in [-0.39, 0.29) is 19.2 Å². The van der Waals surface area contributed by atoms with Crippen molar-refractivity contribution in [2.75, 3.05) is 20.3 Å². The van der Waals surface area contributed by atoms with Crippen molar-refractivity contribution in [1.29, 1.82) is 0 Å². The van der Waals surface area contributed by atoms with Crippen molar-refractivity contribution in [3.63, 3.8) is 0 Å². The predicted octanol–water partition coefficient (Wildman–Crippen LogP) is 4.20. The van der Waals surface area contributed by atoms with Gasteiger partial charge in [0.15, 0.2) is 0 Å². The normalized spacial score (nSPS) is 16.4. The molecule has 2 aromatic rings. The van der Waals surface area contributed by atoms with Crippen LogP contribution in [0.5, 0.6) is 5.75 Å². The summed E-state index contributed by atoms with van der Waals surface area (Å²) in [4.78, 5) is 27.1. The van der Waals surface area contributed by atoms with Gasteiger partial charge in [0, 0.05) is 7.05 Å². The number of nitrogens with zero attached hydrogens (tertiary/aromatic N) is 1. The molecule has 158 valence electrons. The summed E-state index contributed by atoms with van der Waals surface area (Å²) >= 11 is 0. The first kappa shape index (κ1) is 21.4. The summed E-state index contributed by atoms with van der Waals surface area (Å²) in [7, 11) is 1.63. The molecule has 0 radical (unpaired) electrons. The summed E-state index contributed by atoms with van der Waals surface area (Å²) in [6.07, 6.45) is 0. The fourth-order valence-electron chi connectivity index (χ4n) is 3.51. The van der Waals surface area contributed by atoms with Gasteiger partial charge in [-0.15, -0.1) is 0 Å². The number of hydrogen-bond acceptors (Lipinski definition) is 4. The van der Waals surface area contributed by atoms with Crippen LogP contribution in [0.25, 0.3) is 0 Å². The standard InChI is InChI=1S/C24H28N2O4/c1-6-29-23(27)21-19(14-30-20-12-8-10-16(3)17(20)4)26(5)24(28)25-22(21)18-11-7-9-15(2)13-18/h7-13,22H,6,14H2,1-5H3,(H,25,28)/t22-/m0/s1. The largest absolute Gasteiger partial charge is 0.487 e. The molecule has 0 aromatic heterocycles. The van der Waals surface area contributed by atoms with Crippen LogP contribution >= 0.6 is 0 Å². The molecule has 0 saturated carbocycles. The number of carbonyl (C=O) groups is 2. The minimum Gasteiger partial charge on any atom is -0.487 e. The van der Waals surface area contributed by atoms with Crippen molar-refractivity contribution in [2.24, 2.45) is 0 Å². The van der Waals surface area contributed by atoms with Crippen LogP contribution in [0.4, 0.5) is 4.79 Å². The molecule has 0 spiro atoms. The Morgan fingerprint density at radius 3 is 2.57 bits per heavy atom. The molecule has 3 rings (SSSR count). The predicted molar refractivity (Wildman–Crippen MR) is 115 cm³/mol. The highest BCUT2D eigenvalue weighted by Gasteiger charge is 2.37. The Hall–Kier alpha value is -3.28. The molecule has 2 aromatic carbocycles. The van der Waals surface area contributed by atoms with E-state index < -0.39 is 12.0 Å². The van der Waals surface area contributed by atoms with Crippen molar-refractivity contribution in [1.82, 2.24) is 10.2 Å². The van der Waals surface area contributed by atoms with E-state index in [0.717, 1.165) is 28.0 Å². The number of amides is 2. The first-order valence-electron chi connectivity index (χ1n) is 10.0. The molecule has 0 aliphatic carbocycles. The van der Waals surface area contributed by atoms with E-state index in [0.29, 0.717) is 11.3 Å². The maximum absolute atomic E-state index is 12.9. The molecule has 1 N–H and O–H groups in total. The van der Waals surface area contributed by atoms with E-state index in [2.05, 4.69) is 5.32 Å². The fourth-order valence-corrected chi connectivity index (χ4v) is 3.51. The maximum Gasteiger partial charge on any atom is 0.338 e. The third-order valence-electron chi connectivity index (χ3n) is 5.37. The maximum atomic E-state index is 12.9. The lowest BCUT2D eigenvalue weighted by Crippen LogP contribution is -2.48. The van der Waals surface area contributed by atoms with Gasteiger partial charge in [-0.25, -0.2) is 9.59 Å². The van der Waals surface area contributed by atoms with Gasteiger partial charge >= 0.3 is 12.0 Å². The number of hydrogen-bond donors (Lipinski definition) is 1. The number of esters is 1. The Labute approximate surface area is 177 Å². The second-order valence-electron chi connectivity index (χ2n) is 7.42. The Balaban J connectivity index is 2.06. The topological polar surface area (TPSA) is 67.9 Å². The lowest BCUT2D eigenvalue weighted by atomic mass is 9.94. The zero-order valence-electron chi connectivity index (χ0n) is 18.1. The Morgan fingerprint density at radius 2 is 1.87 bits per heavy atom. The monoisotopic (exact) mass is 408 g/mol. The third-order valence-corrected chi connectivity index (χ3v) is 5.37. The van der Waals surface area contributed by atoms with Crippen LogP contribution in [-0.4, -0.2) is 37.2 Å². The van der Waals surface area contributed by atoms with Gasteiger partial charge in [0.25, 0.3) is 0 Å². The van der Waals surface area contributed by atoms with Crippen LogP contribution in [0.2, 0.25) is 0 Å². The van der Waals surface area contributed by atoms with Gasteiger partial charge in [0.1, 0.15) is 12.4 Å². The lowest BCUT2D eigenvalue weighted by Gasteiger charge is -2.34. The summed E-state index contributed by atoms with van der Waals surface area (Å²) in [5, 5.41) is 2.92. The van der Waals surface area contributed by atoms with Gasteiger partial charge in [0.05, 0.1) is 23.9 Å². The molecule has 30 heavy (non-hydrogen) atoms. The molecular formula is C24H28N2O4. The van der Waals surface area contributed by atoms with E-state index in [1.165, 1.54) is 4.90 Å². The van der Waals surface area contributed by atoms with Gasteiger partial charge in [0.2, 0.25) is 0 Å². The van der Waals surface area contributed by atoms with Gasteiger partial charge in [-0.05, 0) is 50.5 Å². The molecule has 6 nitrogen and oxygen atoms in total. The van der Waals surface area contributed by atoms with Crippen molar-refractivity contribution in [3.8, 4) is 5.75 Å². The molecule has 1 aliphatic heterocycles. The number of urea groups is 1. The number of aryl methyl sites for hydroxylation is 2. The minimum atomic E-state index is -0.607. The van der Waals surface area contributed by atoms with Gasteiger partial charge in [-0.2, -0.15) is 0 Å². The summed E-state index contributed by atoms with van der Waals surface area (Å²) < 4.78 is 11.4. The number of nitrogens with one attached hydrogen (secondary N) is 1. The van der Waals surface area contributed by atoms with E-state index in [1.807, 2.05) is 63.2 Å². The Bertz CT molecular complexity index is 996. The van der Waals surface area contributed by atoms with E-state index in [9.17, 15) is 9.59 Å². The fraction of sp³-hybridized carbons (Fsp3) is 0.333. The number of ether oxygens (including phenoxy) is 2. The van der Waals surface area contributed by atoms with Crippen LogP contribution in [0, 0.1) is 20.8 Å². The molecule has 0 fully saturated rings. The summed E-state index contributed by atoms with van der Waals surface area (Å²) in [6.45, 7) is 8.05. The van der Waals surface area contributed by atoms with Crippen LogP contribution < -0.4 is 10.1 Å². The Kier molecular flexibility index (Phi) is 6.45. The van der Waals surface area contributed by atoms with E-state index >= 15 is 0 Å². The van der Waals surface area contributed by atoms with Gasteiger partial charge < -0.3 is 14.8 Å². The quantitative estimate of drug-likeness (QED) is 0.728. The summed E-state index contributed by atoms with van der Waals surface area (Å²) in [5.41, 5.74) is 4.87. The van der Waals surface area contributed by atoms with Crippen LogP contribution in [0.1, 0.15) is 35.2 Å². The summed E-state index contributed by atoms with van der Waals surface area (Å²) in [6, 6.07) is 12.6. The Morgan fingerprint density at radius 1 is 1.13 bits per heavy atom. The van der Waals surface area contributed by atoms with Gasteiger partial charge in [-0.3, -0.25) is 4.90 Å². The highest BCUT2D eigenvalue weighted by Crippen LogP contribution is 2.32. The molecule has 0 saturated heterocycles. The first-order valence-corrected chi connectivity index (χ1v) is 10.0. The molecule has 0 unspecified atom stereocenters. The minimum absolute atomic E-state index is 0.0741. The molecule has 6 heteroatoms. The highest BCUT2D eigenvalue weighted by molar-refractivity contribution is 5.95. The van der Waals surface area contributed by atoms with Crippen LogP contribution in [0.3, 0.4) is 0 Å². The van der Waals surface area contributed by atoms with E-state index in [1.54, 1.807) is 14.0 Å². The second-order valence-corrected chi connectivity index (χ2v) is 7.42. The SMILES string of the molecule is CCOC(=O)C1=C(COc2cccc(C)c2C)N(C)C(=O)N[C@H]1c1cccc(C)c1. The second kappa shape index (κ2) is 9.03. The van der Waals surface area contributed by atoms with Gasteiger partial charge in [-0.1, -0.05) is 42.0 Å². The molecule has 1 aliphatic rings.